The van der Waals surface area contributed by atoms with Crippen LogP contribution in [0.5, 0.6) is 0 Å². The van der Waals surface area contributed by atoms with E-state index in [0.717, 1.165) is 0 Å². The smallest absolute Gasteiger partial charge is 0.282 e. The number of amides is 1. The Balaban J connectivity index is 2.16. The molecule has 1 atom stereocenters. The Hall–Kier alpha value is -2.44. The fraction of sp³-hybridized carbons (Fsp3) is 0.188. The van der Waals surface area contributed by atoms with Gasteiger partial charge in [0.25, 0.3) is 11.6 Å². The summed E-state index contributed by atoms with van der Waals surface area (Å²) in [6.07, 6.45) is 0. The number of rotatable bonds is 5. The molecule has 0 spiro atoms. The van der Waals surface area contributed by atoms with Crippen molar-refractivity contribution in [3.63, 3.8) is 0 Å². The number of carbonyl (C=O) groups is 1. The Kier molecular flexibility index (Phi) is 4.98. The number of nitrogens with zero attached hydrogens (tertiary/aromatic N) is 1. The maximum Gasteiger partial charge on any atom is 0.282 e. The minimum absolute atomic E-state index is 0.0625. The lowest BCUT2D eigenvalue weighted by Gasteiger charge is -2.25. The molecule has 0 aliphatic rings. The van der Waals surface area contributed by atoms with E-state index in [4.69, 9.17) is 11.6 Å². The van der Waals surface area contributed by atoms with Crippen LogP contribution in [0.1, 0.15) is 22.8 Å². The maximum atomic E-state index is 12.2. The summed E-state index contributed by atoms with van der Waals surface area (Å²) in [6.45, 7) is 1.37. The number of nitro benzene ring substituents is 1. The number of benzene rings is 2. The largest absolute Gasteiger partial charge is 0.384 e. The van der Waals surface area contributed by atoms with E-state index >= 15 is 0 Å². The Morgan fingerprint density at radius 1 is 1.26 bits per heavy atom. The molecule has 6 nitrogen and oxygen atoms in total. The molecule has 0 aliphatic heterocycles. The lowest BCUT2D eigenvalue weighted by atomic mass is 9.96. The number of nitrogens with one attached hydrogen (secondary N) is 1. The van der Waals surface area contributed by atoms with Gasteiger partial charge in [0.2, 0.25) is 0 Å². The molecule has 2 N–H and O–H groups in total. The minimum atomic E-state index is -1.41. The van der Waals surface area contributed by atoms with Crippen LogP contribution >= 0.6 is 11.6 Å². The van der Waals surface area contributed by atoms with Crippen LogP contribution in [-0.2, 0) is 5.60 Å². The first-order valence-electron chi connectivity index (χ1n) is 6.82. The molecule has 0 aliphatic carbocycles. The lowest BCUT2D eigenvalue weighted by molar-refractivity contribution is -0.385. The summed E-state index contributed by atoms with van der Waals surface area (Å²) in [5.74, 6) is -0.635. The molecule has 1 unspecified atom stereocenters. The fourth-order valence-corrected chi connectivity index (χ4v) is 2.50. The van der Waals surface area contributed by atoms with Crippen molar-refractivity contribution in [2.24, 2.45) is 0 Å². The first-order chi connectivity index (χ1) is 10.8. The average Bonchev–Trinajstić information content (AvgIpc) is 2.53. The third-order valence-corrected chi connectivity index (χ3v) is 3.72. The first kappa shape index (κ1) is 16.9. The molecule has 0 aromatic heterocycles. The highest BCUT2D eigenvalue weighted by Crippen LogP contribution is 2.27. The van der Waals surface area contributed by atoms with E-state index in [1.807, 2.05) is 0 Å². The predicted molar refractivity (Wildman–Crippen MR) is 86.5 cm³/mol. The van der Waals surface area contributed by atoms with Gasteiger partial charge in [-0.2, -0.15) is 0 Å². The van der Waals surface area contributed by atoms with Gasteiger partial charge in [-0.3, -0.25) is 14.9 Å². The van der Waals surface area contributed by atoms with E-state index in [1.165, 1.54) is 31.2 Å². The topological polar surface area (TPSA) is 92.5 Å². The fourth-order valence-electron chi connectivity index (χ4n) is 2.17. The predicted octanol–water partition coefficient (Wildman–Crippen LogP) is 2.89. The lowest BCUT2D eigenvalue weighted by Crippen LogP contribution is -2.39. The Bertz CT molecular complexity index is 746. The van der Waals surface area contributed by atoms with Gasteiger partial charge in [-0.25, -0.2) is 0 Å². The second-order valence-corrected chi connectivity index (χ2v) is 5.62. The molecule has 0 bridgehead atoms. The van der Waals surface area contributed by atoms with Gasteiger partial charge >= 0.3 is 0 Å². The van der Waals surface area contributed by atoms with Crippen LogP contribution in [-0.4, -0.2) is 22.5 Å². The van der Waals surface area contributed by atoms with Crippen molar-refractivity contribution >= 4 is 23.2 Å². The van der Waals surface area contributed by atoms with Crippen molar-refractivity contribution in [1.29, 1.82) is 0 Å². The number of hydrogen-bond donors (Lipinski definition) is 2. The summed E-state index contributed by atoms with van der Waals surface area (Å²) >= 11 is 6.05. The van der Waals surface area contributed by atoms with Crippen molar-refractivity contribution in [1.82, 2.24) is 5.32 Å². The molecule has 0 heterocycles. The van der Waals surface area contributed by atoms with Crippen molar-refractivity contribution in [2.45, 2.75) is 12.5 Å². The van der Waals surface area contributed by atoms with Gasteiger partial charge in [-0.05, 0) is 19.1 Å². The molecular weight excluding hydrogens is 320 g/mol. The van der Waals surface area contributed by atoms with E-state index < -0.39 is 16.4 Å². The van der Waals surface area contributed by atoms with Gasteiger partial charge in [-0.1, -0.05) is 41.9 Å². The molecule has 23 heavy (non-hydrogen) atoms. The minimum Gasteiger partial charge on any atom is -0.384 e. The summed E-state index contributed by atoms with van der Waals surface area (Å²) in [4.78, 5) is 22.5. The maximum absolute atomic E-state index is 12.2. The summed E-state index contributed by atoms with van der Waals surface area (Å²) in [5, 5.41) is 24.3. The SMILES string of the molecule is CC(O)(CNC(=O)c1ccccc1[N+](=O)[O-])c1ccccc1Cl. The highest BCUT2D eigenvalue weighted by atomic mass is 35.5. The van der Waals surface area contributed by atoms with Gasteiger partial charge in [0.05, 0.1) is 11.5 Å². The number of para-hydroxylation sites is 1. The zero-order valence-electron chi connectivity index (χ0n) is 12.3. The summed E-state index contributed by atoms with van der Waals surface area (Å²) in [6, 6.07) is 12.4. The molecule has 7 heteroatoms. The average molecular weight is 335 g/mol. The number of aliphatic hydroxyl groups is 1. The van der Waals surface area contributed by atoms with Crippen molar-refractivity contribution in [3.8, 4) is 0 Å². The quantitative estimate of drug-likeness (QED) is 0.649. The third-order valence-electron chi connectivity index (χ3n) is 3.39. The molecule has 1 amide bonds. The molecule has 0 saturated carbocycles. The molecule has 2 rings (SSSR count). The Labute approximate surface area is 137 Å². The molecule has 2 aromatic rings. The molecular formula is C16H15ClN2O4. The van der Waals surface area contributed by atoms with Crippen LogP contribution in [0.15, 0.2) is 48.5 Å². The Morgan fingerprint density at radius 2 is 1.87 bits per heavy atom. The van der Waals surface area contributed by atoms with Crippen molar-refractivity contribution < 1.29 is 14.8 Å². The van der Waals surface area contributed by atoms with E-state index in [9.17, 15) is 20.0 Å². The Morgan fingerprint density at radius 3 is 2.52 bits per heavy atom. The molecule has 0 radical (unpaired) electrons. The summed E-state index contributed by atoms with van der Waals surface area (Å²) in [5.41, 5.74) is -1.29. The monoisotopic (exact) mass is 334 g/mol. The van der Waals surface area contributed by atoms with E-state index in [-0.39, 0.29) is 17.8 Å². The van der Waals surface area contributed by atoms with Gasteiger partial charge in [0.15, 0.2) is 0 Å². The zero-order valence-corrected chi connectivity index (χ0v) is 13.1. The van der Waals surface area contributed by atoms with Gasteiger partial charge in [-0.15, -0.1) is 0 Å². The molecule has 0 fully saturated rings. The highest BCUT2D eigenvalue weighted by molar-refractivity contribution is 6.31. The first-order valence-corrected chi connectivity index (χ1v) is 7.20. The van der Waals surface area contributed by atoms with Crippen molar-refractivity contribution in [2.75, 3.05) is 6.54 Å². The number of nitro groups is 1. The van der Waals surface area contributed by atoms with Crippen LogP contribution < -0.4 is 5.32 Å². The van der Waals surface area contributed by atoms with Crippen LogP contribution in [0.3, 0.4) is 0 Å². The van der Waals surface area contributed by atoms with Crippen LogP contribution in [0.25, 0.3) is 0 Å². The molecule has 2 aromatic carbocycles. The standard InChI is InChI=1S/C16H15ClN2O4/c1-16(21,12-7-3-4-8-13(12)17)10-18-15(20)11-6-2-5-9-14(11)19(22)23/h2-9,21H,10H2,1H3,(H,18,20). The highest BCUT2D eigenvalue weighted by Gasteiger charge is 2.27. The number of carbonyl (C=O) groups excluding carboxylic acids is 1. The number of halogens is 1. The van der Waals surface area contributed by atoms with Crippen LogP contribution in [0.4, 0.5) is 5.69 Å². The third kappa shape index (κ3) is 3.85. The second kappa shape index (κ2) is 6.76. The zero-order chi connectivity index (χ0) is 17.0. The van der Waals surface area contributed by atoms with Crippen LogP contribution in [0, 0.1) is 10.1 Å². The normalized spacial score (nSPS) is 13.2. The van der Waals surface area contributed by atoms with Crippen LogP contribution in [0.2, 0.25) is 5.02 Å². The molecule has 0 saturated heterocycles. The van der Waals surface area contributed by atoms with Gasteiger partial charge in [0.1, 0.15) is 11.2 Å². The second-order valence-electron chi connectivity index (χ2n) is 5.21. The van der Waals surface area contributed by atoms with Gasteiger partial charge < -0.3 is 10.4 Å². The summed E-state index contributed by atoms with van der Waals surface area (Å²) < 4.78 is 0. The van der Waals surface area contributed by atoms with E-state index in [1.54, 1.807) is 24.3 Å². The summed E-state index contributed by atoms with van der Waals surface area (Å²) in [7, 11) is 0. The molecule has 120 valence electrons. The van der Waals surface area contributed by atoms with Crippen molar-refractivity contribution in [3.05, 3.63) is 74.8 Å². The van der Waals surface area contributed by atoms with E-state index in [2.05, 4.69) is 5.32 Å². The number of hydrogen-bond acceptors (Lipinski definition) is 4. The van der Waals surface area contributed by atoms with E-state index in [0.29, 0.717) is 10.6 Å². The van der Waals surface area contributed by atoms with Gasteiger partial charge in [0, 0.05) is 16.7 Å².